The molecule has 0 aliphatic rings. The number of carbonyl (C=O) groups excluding carboxylic acids is 3. The average Bonchev–Trinajstić information content (AvgIpc) is 2.48. The van der Waals surface area contributed by atoms with Crippen LogP contribution >= 0.6 is 7.55 Å². The molecule has 98 valence electrons. The third kappa shape index (κ3) is 3.11. The summed E-state index contributed by atoms with van der Waals surface area (Å²) < 4.78 is 0. The van der Waals surface area contributed by atoms with Crippen molar-refractivity contribution in [2.24, 2.45) is 0 Å². The van der Waals surface area contributed by atoms with Crippen molar-refractivity contribution >= 4 is 35.7 Å². The van der Waals surface area contributed by atoms with Crippen LogP contribution in [0.25, 0.3) is 0 Å². The molecule has 0 amide bonds. The van der Waals surface area contributed by atoms with E-state index >= 15 is 0 Å². The molecule has 2 rings (SSSR count). The van der Waals surface area contributed by atoms with Crippen LogP contribution in [0.15, 0.2) is 48.5 Å². The van der Waals surface area contributed by atoms with Crippen LogP contribution in [0.3, 0.4) is 0 Å². The molecule has 2 aromatic carbocycles. The van der Waals surface area contributed by atoms with E-state index < -0.39 is 7.55 Å². The molecule has 0 aliphatic heterocycles. The number of hydrogen-bond donors (Lipinski definition) is 0. The number of hydrogen-bond acceptors (Lipinski definition) is 3. The quantitative estimate of drug-likeness (QED) is 0.537. The van der Waals surface area contributed by atoms with Crippen molar-refractivity contribution in [2.75, 3.05) is 0 Å². The Bertz CT molecular complexity index is 829. The minimum atomic E-state index is -1.44. The van der Waals surface area contributed by atoms with Crippen LogP contribution in [-0.2, 0) is 31.5 Å². The van der Waals surface area contributed by atoms with Crippen LogP contribution in [-0.4, -0.2) is 17.5 Å². The van der Waals surface area contributed by atoms with Crippen LogP contribution in [0.5, 0.6) is 0 Å². The monoisotopic (exact) mass is 323 g/mol. The summed E-state index contributed by atoms with van der Waals surface area (Å²) in [5, 5.41) is 1.46. The number of benzene rings is 2. The van der Waals surface area contributed by atoms with Crippen LogP contribution in [0.4, 0.5) is 0 Å². The van der Waals surface area contributed by atoms with Gasteiger partial charge in [-0.15, -0.1) is 0 Å². The molecule has 5 heteroatoms. The standard InChI is InChI=1S/C15H8O3P.Fe/c16-9-12-5-4-8-15(14(12)10-17)19(11-18)13-6-2-1-3-7-13;/h1-8H;/q+1;. The predicted molar refractivity (Wildman–Crippen MR) is 73.6 cm³/mol. The molecule has 3 nitrogen and oxygen atoms in total. The molecule has 0 radical (unpaired) electrons. The maximum Gasteiger partial charge on any atom is 0.343 e. The van der Waals surface area contributed by atoms with Gasteiger partial charge in [-0.3, -0.25) is 0 Å². The Kier molecular flexibility index (Phi) is 6.06. The molecular formula is C15H8FeO3P+. The van der Waals surface area contributed by atoms with E-state index in [9.17, 15) is 14.4 Å². The third-order valence-corrected chi connectivity index (χ3v) is 4.45. The van der Waals surface area contributed by atoms with Gasteiger partial charge in [-0.25, -0.2) is 9.59 Å². The molecule has 0 saturated carbocycles. The van der Waals surface area contributed by atoms with Crippen LogP contribution in [0, 0.1) is 0 Å². The molecule has 1 atom stereocenters. The third-order valence-electron chi connectivity index (χ3n) is 2.60. The molecule has 1 unspecified atom stereocenters. The summed E-state index contributed by atoms with van der Waals surface area (Å²) in [6, 6.07) is 13.8. The van der Waals surface area contributed by atoms with Crippen molar-refractivity contribution in [3.05, 3.63) is 59.0 Å². The molecule has 0 aromatic heterocycles. The van der Waals surface area contributed by atoms with Gasteiger partial charge in [-0.2, -0.15) is 4.79 Å². The zero-order chi connectivity index (χ0) is 13.7. The fourth-order valence-electron chi connectivity index (χ4n) is 1.74. The molecular weight excluding hydrogens is 315 g/mol. The van der Waals surface area contributed by atoms with Crippen molar-refractivity contribution in [3.8, 4) is 0 Å². The predicted octanol–water partition coefficient (Wildman–Crippen LogP) is -0.810. The molecule has 0 aliphatic carbocycles. The topological polar surface area (TPSA) is 51.2 Å². The fraction of sp³-hybridized carbons (Fsp3) is 0. The van der Waals surface area contributed by atoms with Gasteiger partial charge < -0.3 is 0 Å². The van der Waals surface area contributed by atoms with Gasteiger partial charge in [0, 0.05) is 17.1 Å². The minimum absolute atomic E-state index is 0. The molecule has 0 N–H and O–H groups in total. The van der Waals surface area contributed by atoms with E-state index in [1.54, 1.807) is 36.1 Å². The zero-order valence-corrected chi connectivity index (χ0v) is 12.1. The summed E-state index contributed by atoms with van der Waals surface area (Å²) in [5.41, 5.74) is 1.97. The Balaban J connectivity index is 0.00000200. The Labute approximate surface area is 126 Å². The Morgan fingerprint density at radius 3 is 2.05 bits per heavy atom. The van der Waals surface area contributed by atoms with Crippen LogP contribution in [0.2, 0.25) is 0 Å². The first-order valence-electron chi connectivity index (χ1n) is 5.44. The number of rotatable bonds is 2. The van der Waals surface area contributed by atoms with E-state index in [0.29, 0.717) is 5.30 Å². The molecule has 0 bridgehead atoms. The molecule has 20 heavy (non-hydrogen) atoms. The van der Waals surface area contributed by atoms with Crippen molar-refractivity contribution in [1.29, 1.82) is 0 Å². The van der Waals surface area contributed by atoms with Gasteiger partial charge in [0.25, 0.3) is 7.55 Å². The Hall–Kier alpha value is -2.00. The Morgan fingerprint density at radius 1 is 0.800 bits per heavy atom. The van der Waals surface area contributed by atoms with E-state index in [1.165, 1.54) is 6.07 Å². The maximum absolute atomic E-state index is 11.2. The minimum Gasteiger partial charge on any atom is -0.233 e. The first-order valence-corrected chi connectivity index (χ1v) is 6.78. The second-order valence-electron chi connectivity index (χ2n) is 3.67. The summed E-state index contributed by atoms with van der Waals surface area (Å²) in [4.78, 5) is 33.1. The summed E-state index contributed by atoms with van der Waals surface area (Å²) in [6.07, 6.45) is 0. The van der Waals surface area contributed by atoms with Crippen molar-refractivity contribution in [3.63, 3.8) is 0 Å². The Morgan fingerprint density at radius 2 is 1.50 bits per heavy atom. The summed E-state index contributed by atoms with van der Waals surface area (Å²) in [5.74, 6) is 3.41. The van der Waals surface area contributed by atoms with Gasteiger partial charge >= 0.3 is 5.66 Å². The normalized spacial score (nSPS) is 9.50. The molecule has 0 saturated heterocycles. The van der Waals surface area contributed by atoms with Gasteiger partial charge in [-0.05, 0) is 24.3 Å². The van der Waals surface area contributed by atoms with Crippen molar-refractivity contribution in [1.82, 2.24) is 0 Å². The second kappa shape index (κ2) is 7.56. The van der Waals surface area contributed by atoms with Gasteiger partial charge in [0.2, 0.25) is 0 Å². The van der Waals surface area contributed by atoms with Crippen LogP contribution < -0.4 is 21.0 Å². The SMILES string of the molecule is O=C=c1cccc([P+](=C=O)c2ccccc2)c1=C=O.[Fe]. The van der Waals surface area contributed by atoms with E-state index in [4.69, 9.17) is 0 Å². The van der Waals surface area contributed by atoms with Gasteiger partial charge in [-0.1, -0.05) is 24.3 Å². The molecule has 0 heterocycles. The molecule has 2 aromatic rings. The first-order chi connectivity index (χ1) is 9.31. The van der Waals surface area contributed by atoms with E-state index in [0.717, 1.165) is 5.30 Å². The van der Waals surface area contributed by atoms with Crippen LogP contribution in [0.1, 0.15) is 0 Å². The van der Waals surface area contributed by atoms with E-state index in [2.05, 4.69) is 0 Å². The largest absolute Gasteiger partial charge is 0.343 e. The van der Waals surface area contributed by atoms with Gasteiger partial charge in [0.1, 0.15) is 17.1 Å². The first kappa shape index (κ1) is 16.1. The maximum atomic E-state index is 11.2. The summed E-state index contributed by atoms with van der Waals surface area (Å²) in [7, 11) is -1.44. The fourth-order valence-corrected chi connectivity index (χ4v) is 3.31. The van der Waals surface area contributed by atoms with E-state index in [1.807, 2.05) is 23.9 Å². The zero-order valence-electron chi connectivity index (χ0n) is 10.1. The van der Waals surface area contributed by atoms with Gasteiger partial charge in [0.15, 0.2) is 10.6 Å². The molecule has 0 spiro atoms. The summed E-state index contributed by atoms with van der Waals surface area (Å²) >= 11 is 0. The smallest absolute Gasteiger partial charge is 0.233 e. The van der Waals surface area contributed by atoms with Crippen molar-refractivity contribution in [2.45, 2.75) is 0 Å². The van der Waals surface area contributed by atoms with E-state index in [-0.39, 0.29) is 27.5 Å². The average molecular weight is 323 g/mol. The van der Waals surface area contributed by atoms with Crippen molar-refractivity contribution < 1.29 is 31.5 Å². The molecule has 0 fully saturated rings. The van der Waals surface area contributed by atoms with Gasteiger partial charge in [0.05, 0.1) is 5.22 Å². The summed E-state index contributed by atoms with van der Waals surface area (Å²) in [6.45, 7) is 0. The second-order valence-corrected chi connectivity index (χ2v) is 5.52.